The Kier molecular flexibility index (Phi) is 5.22. The number of nitrogens with zero attached hydrogens (tertiary/aromatic N) is 1. The summed E-state index contributed by atoms with van der Waals surface area (Å²) in [5, 5.41) is 8.50. The fourth-order valence-electron chi connectivity index (χ4n) is 1.61. The molecule has 0 saturated heterocycles. The number of hydrogen-bond donors (Lipinski definition) is 2. The molecule has 2 rings (SSSR count). The van der Waals surface area contributed by atoms with Crippen LogP contribution in [0, 0.1) is 0 Å². The second kappa shape index (κ2) is 7.35. The van der Waals surface area contributed by atoms with Gasteiger partial charge in [0.15, 0.2) is 0 Å². The molecule has 2 N–H and O–H groups in total. The normalized spacial score (nSPS) is 11.0. The highest BCUT2D eigenvalue weighted by molar-refractivity contribution is 7.12. The number of nitrogens with one attached hydrogen (secondary N) is 2. The molecule has 1 heterocycles. The van der Waals surface area contributed by atoms with Gasteiger partial charge in [-0.15, -0.1) is 11.3 Å². The molecule has 0 saturated carbocycles. The summed E-state index contributed by atoms with van der Waals surface area (Å²) in [5.41, 5.74) is 3.70. The Balaban J connectivity index is 1.83. The smallest absolute Gasteiger partial charge is 0.281 e. The van der Waals surface area contributed by atoms with Gasteiger partial charge < -0.3 is 5.32 Å². The Morgan fingerprint density at radius 1 is 1.14 bits per heavy atom. The van der Waals surface area contributed by atoms with Gasteiger partial charge in [0.05, 0.1) is 11.3 Å². The second-order valence-corrected chi connectivity index (χ2v) is 5.30. The molecule has 0 aliphatic rings. The highest BCUT2D eigenvalue weighted by Gasteiger charge is 2.07. The number of thiophene rings is 1. The van der Waals surface area contributed by atoms with Crippen LogP contribution >= 0.6 is 11.3 Å². The number of benzene rings is 1. The van der Waals surface area contributed by atoms with E-state index >= 15 is 0 Å². The van der Waals surface area contributed by atoms with Crippen LogP contribution < -0.4 is 10.7 Å². The van der Waals surface area contributed by atoms with Crippen molar-refractivity contribution in [3.63, 3.8) is 0 Å². The summed E-state index contributed by atoms with van der Waals surface area (Å²) in [6.07, 6.45) is 0.125. The monoisotopic (exact) mass is 301 g/mol. The Morgan fingerprint density at radius 3 is 2.57 bits per heavy atom. The maximum absolute atomic E-state index is 11.8. The van der Waals surface area contributed by atoms with Crippen molar-refractivity contribution in [3.8, 4) is 0 Å². The predicted molar refractivity (Wildman–Crippen MR) is 84.6 cm³/mol. The van der Waals surface area contributed by atoms with E-state index in [1.165, 1.54) is 11.3 Å². The van der Waals surface area contributed by atoms with Crippen molar-refractivity contribution in [2.24, 2.45) is 5.10 Å². The number of carbonyl (C=O) groups is 2. The van der Waals surface area contributed by atoms with E-state index in [0.717, 1.165) is 5.69 Å². The van der Waals surface area contributed by atoms with Crippen LogP contribution in [0.25, 0.3) is 0 Å². The molecule has 1 aromatic carbocycles. The topological polar surface area (TPSA) is 70.6 Å². The third-order valence-electron chi connectivity index (χ3n) is 2.57. The van der Waals surface area contributed by atoms with Gasteiger partial charge in [-0.05, 0) is 30.5 Å². The van der Waals surface area contributed by atoms with Crippen LogP contribution in [0.15, 0.2) is 52.9 Å². The Bertz CT molecular complexity index is 636. The molecule has 0 aliphatic heterocycles. The van der Waals surface area contributed by atoms with E-state index in [1.807, 2.05) is 35.7 Å². The zero-order valence-corrected chi connectivity index (χ0v) is 12.3. The van der Waals surface area contributed by atoms with Crippen LogP contribution in [0.1, 0.15) is 23.0 Å². The molecule has 5 nitrogen and oxygen atoms in total. The molecule has 6 heteroatoms. The molecule has 108 valence electrons. The molecule has 0 atom stereocenters. The van der Waals surface area contributed by atoms with Crippen LogP contribution in [0.4, 0.5) is 5.69 Å². The standard InChI is InChI=1S/C15H15N3O2S/c1-11(17-18-15(20)13-8-5-9-21-13)10-14(19)16-12-6-3-2-4-7-12/h2-9H,10H2,1H3,(H,16,19)(H,18,20)/b17-11-. The first-order valence-corrected chi connectivity index (χ1v) is 7.25. The van der Waals surface area contributed by atoms with Gasteiger partial charge in [-0.2, -0.15) is 5.10 Å². The van der Waals surface area contributed by atoms with Crippen molar-refractivity contribution in [1.82, 2.24) is 5.43 Å². The molecule has 0 bridgehead atoms. The lowest BCUT2D eigenvalue weighted by molar-refractivity contribution is -0.115. The first-order chi connectivity index (χ1) is 10.1. The largest absolute Gasteiger partial charge is 0.326 e. The van der Waals surface area contributed by atoms with Gasteiger partial charge in [0.25, 0.3) is 5.91 Å². The molecule has 1 aromatic heterocycles. The SMILES string of the molecule is C/C(CC(=O)Nc1ccccc1)=N/NC(=O)c1cccs1. The van der Waals surface area contributed by atoms with Crippen LogP contribution in [0.5, 0.6) is 0 Å². The lowest BCUT2D eigenvalue weighted by Gasteiger charge is -2.05. The molecule has 0 unspecified atom stereocenters. The summed E-state index contributed by atoms with van der Waals surface area (Å²) in [7, 11) is 0. The van der Waals surface area contributed by atoms with Gasteiger partial charge in [0.1, 0.15) is 0 Å². The summed E-state index contributed by atoms with van der Waals surface area (Å²) >= 11 is 1.34. The molecule has 0 fully saturated rings. The van der Waals surface area contributed by atoms with Crippen LogP contribution in [-0.4, -0.2) is 17.5 Å². The molecule has 2 aromatic rings. The number of rotatable bonds is 5. The number of amides is 2. The molecule has 21 heavy (non-hydrogen) atoms. The molecule has 2 amide bonds. The number of anilines is 1. The number of hydrazone groups is 1. The second-order valence-electron chi connectivity index (χ2n) is 4.36. The summed E-state index contributed by atoms with van der Waals surface area (Å²) in [6.45, 7) is 1.69. The van der Waals surface area contributed by atoms with Crippen molar-refractivity contribution >= 4 is 34.6 Å². The first-order valence-electron chi connectivity index (χ1n) is 6.37. The van der Waals surface area contributed by atoms with Gasteiger partial charge in [0, 0.05) is 11.4 Å². The van der Waals surface area contributed by atoms with Crippen LogP contribution in [-0.2, 0) is 4.79 Å². The minimum absolute atomic E-state index is 0.125. The van der Waals surface area contributed by atoms with Crippen molar-refractivity contribution in [2.75, 3.05) is 5.32 Å². The van der Waals surface area contributed by atoms with Crippen LogP contribution in [0.3, 0.4) is 0 Å². The third kappa shape index (κ3) is 4.85. The average Bonchev–Trinajstić information content (AvgIpc) is 3.00. The zero-order chi connectivity index (χ0) is 15.1. The molecule has 0 radical (unpaired) electrons. The predicted octanol–water partition coefficient (Wildman–Crippen LogP) is 2.88. The maximum atomic E-state index is 11.8. The fraction of sp³-hybridized carbons (Fsp3) is 0.133. The van der Waals surface area contributed by atoms with Crippen molar-refractivity contribution in [3.05, 3.63) is 52.7 Å². The number of hydrogen-bond acceptors (Lipinski definition) is 4. The Labute approximate surface area is 126 Å². The minimum Gasteiger partial charge on any atom is -0.326 e. The van der Waals surface area contributed by atoms with Crippen molar-refractivity contribution in [1.29, 1.82) is 0 Å². The van der Waals surface area contributed by atoms with Gasteiger partial charge in [-0.1, -0.05) is 24.3 Å². The summed E-state index contributed by atoms with van der Waals surface area (Å²) in [5.74, 6) is -0.444. The summed E-state index contributed by atoms with van der Waals surface area (Å²) in [4.78, 5) is 24.1. The van der Waals surface area contributed by atoms with Gasteiger partial charge in [-0.25, -0.2) is 5.43 Å². The molecule has 0 aliphatic carbocycles. The van der Waals surface area contributed by atoms with Crippen molar-refractivity contribution < 1.29 is 9.59 Å². The van der Waals surface area contributed by atoms with Gasteiger partial charge in [0.2, 0.25) is 5.91 Å². The summed E-state index contributed by atoms with van der Waals surface area (Å²) in [6, 6.07) is 12.7. The maximum Gasteiger partial charge on any atom is 0.281 e. The third-order valence-corrected chi connectivity index (χ3v) is 3.44. The lowest BCUT2D eigenvalue weighted by atomic mass is 10.2. The van der Waals surface area contributed by atoms with E-state index in [1.54, 1.807) is 19.1 Å². The van der Waals surface area contributed by atoms with Crippen LogP contribution in [0.2, 0.25) is 0 Å². The van der Waals surface area contributed by atoms with E-state index in [-0.39, 0.29) is 18.2 Å². The van der Waals surface area contributed by atoms with E-state index in [4.69, 9.17) is 0 Å². The van der Waals surface area contributed by atoms with E-state index in [0.29, 0.717) is 10.6 Å². The Morgan fingerprint density at radius 2 is 1.90 bits per heavy atom. The van der Waals surface area contributed by atoms with E-state index in [9.17, 15) is 9.59 Å². The first kappa shape index (κ1) is 14.9. The van der Waals surface area contributed by atoms with E-state index in [2.05, 4.69) is 15.8 Å². The number of carbonyl (C=O) groups excluding carboxylic acids is 2. The van der Waals surface area contributed by atoms with Gasteiger partial charge >= 0.3 is 0 Å². The molecular weight excluding hydrogens is 286 g/mol. The highest BCUT2D eigenvalue weighted by atomic mass is 32.1. The van der Waals surface area contributed by atoms with E-state index < -0.39 is 0 Å². The van der Waals surface area contributed by atoms with Gasteiger partial charge in [-0.3, -0.25) is 9.59 Å². The quantitative estimate of drug-likeness (QED) is 0.658. The molecular formula is C15H15N3O2S. The molecule has 0 spiro atoms. The summed E-state index contributed by atoms with van der Waals surface area (Å²) < 4.78 is 0. The average molecular weight is 301 g/mol. The lowest BCUT2D eigenvalue weighted by Crippen LogP contribution is -2.20. The number of para-hydroxylation sites is 1. The minimum atomic E-state index is -0.271. The zero-order valence-electron chi connectivity index (χ0n) is 11.5. The highest BCUT2D eigenvalue weighted by Crippen LogP contribution is 2.08. The fourth-order valence-corrected chi connectivity index (χ4v) is 2.22. The van der Waals surface area contributed by atoms with Crippen molar-refractivity contribution in [2.45, 2.75) is 13.3 Å². The Hall–Kier alpha value is -2.47.